The van der Waals surface area contributed by atoms with Gasteiger partial charge in [0.2, 0.25) is 0 Å². The Morgan fingerprint density at radius 2 is 1.89 bits per heavy atom. The molecule has 1 aromatic rings. The molecule has 0 unspecified atom stereocenters. The van der Waals surface area contributed by atoms with Crippen LogP contribution in [0.15, 0.2) is 30.0 Å². The predicted molar refractivity (Wildman–Crippen MR) is 75.2 cm³/mol. The zero-order valence-corrected chi connectivity index (χ0v) is 11.6. The van der Waals surface area contributed by atoms with Gasteiger partial charge in [-0.3, -0.25) is 10.2 Å². The third-order valence-electron chi connectivity index (χ3n) is 3.00. The first-order valence-corrected chi connectivity index (χ1v) is 6.39. The number of amides is 1. The Hall–Kier alpha value is -1.77. The lowest BCUT2D eigenvalue weighted by atomic mass is 10.1. The van der Waals surface area contributed by atoms with Gasteiger partial charge >= 0.3 is 0 Å². The smallest absolute Gasteiger partial charge is 0.269 e. The van der Waals surface area contributed by atoms with Crippen LogP contribution in [0.2, 0.25) is 0 Å². The minimum absolute atomic E-state index is 0.102. The molecule has 1 aromatic carbocycles. The molecule has 0 radical (unpaired) electrons. The van der Waals surface area contributed by atoms with Gasteiger partial charge in [-0.05, 0) is 38.3 Å². The Labute approximate surface area is 109 Å². The molecule has 0 heterocycles. The normalized spacial score (nSPS) is 9.78. The summed E-state index contributed by atoms with van der Waals surface area (Å²) in [5.74, 6) is -0.102. The van der Waals surface area contributed by atoms with Crippen molar-refractivity contribution in [3.63, 3.8) is 0 Å². The summed E-state index contributed by atoms with van der Waals surface area (Å²) in [5, 5.41) is 0. The summed E-state index contributed by atoms with van der Waals surface area (Å²) < 4.78 is 0. The average molecular weight is 246 g/mol. The van der Waals surface area contributed by atoms with Crippen LogP contribution in [0.1, 0.15) is 48.2 Å². The number of hydrogen-bond acceptors (Lipinski definition) is 2. The van der Waals surface area contributed by atoms with Gasteiger partial charge in [0.1, 0.15) is 0 Å². The molecule has 3 heteroatoms. The molecule has 0 aliphatic heterocycles. The molecular weight excluding hydrogens is 224 g/mol. The highest BCUT2D eigenvalue weighted by Crippen LogP contribution is 2.10. The number of carbonyl (C=O) groups excluding carboxylic acids is 1. The number of benzene rings is 1. The Balaban J connectivity index is 2.63. The van der Waals surface area contributed by atoms with E-state index >= 15 is 0 Å². The summed E-state index contributed by atoms with van der Waals surface area (Å²) in [6, 6.07) is 5.81. The molecular formula is C15H22N2O. The summed E-state index contributed by atoms with van der Waals surface area (Å²) in [6.07, 6.45) is 3.84. The number of hydrazine groups is 1. The second-order valence-electron chi connectivity index (χ2n) is 4.43. The van der Waals surface area contributed by atoms with Gasteiger partial charge in [-0.15, -0.1) is 0 Å². The van der Waals surface area contributed by atoms with Crippen molar-refractivity contribution in [2.75, 3.05) is 0 Å². The molecule has 0 atom stereocenters. The highest BCUT2D eigenvalue weighted by Gasteiger charge is 2.07. The summed E-state index contributed by atoms with van der Waals surface area (Å²) >= 11 is 0. The van der Waals surface area contributed by atoms with E-state index in [1.54, 1.807) is 0 Å². The second-order valence-corrected chi connectivity index (χ2v) is 4.43. The summed E-state index contributed by atoms with van der Waals surface area (Å²) in [6.45, 7) is 8.16. The molecule has 3 nitrogen and oxygen atoms in total. The Kier molecular flexibility index (Phi) is 5.43. The van der Waals surface area contributed by atoms with Crippen molar-refractivity contribution in [1.82, 2.24) is 10.9 Å². The molecule has 0 saturated heterocycles. The van der Waals surface area contributed by atoms with Gasteiger partial charge in [0.05, 0.1) is 0 Å². The summed E-state index contributed by atoms with van der Waals surface area (Å²) in [4.78, 5) is 11.9. The van der Waals surface area contributed by atoms with Crippen LogP contribution in [-0.2, 0) is 0 Å². The van der Waals surface area contributed by atoms with E-state index in [1.165, 1.54) is 5.57 Å². The number of allylic oxidation sites excluding steroid dienone is 1. The van der Waals surface area contributed by atoms with Crippen LogP contribution in [-0.4, -0.2) is 5.91 Å². The first-order chi connectivity index (χ1) is 8.58. The van der Waals surface area contributed by atoms with Gasteiger partial charge in [0, 0.05) is 11.8 Å². The molecule has 0 saturated carbocycles. The van der Waals surface area contributed by atoms with E-state index in [0.717, 1.165) is 24.0 Å². The zero-order chi connectivity index (χ0) is 13.5. The molecule has 18 heavy (non-hydrogen) atoms. The molecule has 0 aliphatic carbocycles. The van der Waals surface area contributed by atoms with Gasteiger partial charge in [-0.25, -0.2) is 0 Å². The maximum absolute atomic E-state index is 11.9. The number of hydrogen-bond donors (Lipinski definition) is 2. The minimum atomic E-state index is -0.102. The molecule has 0 bridgehead atoms. The molecule has 0 spiro atoms. The number of nitrogens with one attached hydrogen (secondary N) is 2. The Morgan fingerprint density at radius 1 is 1.22 bits per heavy atom. The predicted octanol–water partition coefficient (Wildman–Crippen LogP) is 3.24. The SMILES string of the molecule is CCC(=CNNC(=O)c1ccc(C)cc1C)CC. The zero-order valence-electron chi connectivity index (χ0n) is 11.6. The largest absolute Gasteiger partial charge is 0.306 e. The minimum Gasteiger partial charge on any atom is -0.306 e. The highest BCUT2D eigenvalue weighted by molar-refractivity contribution is 5.95. The molecule has 98 valence electrons. The molecule has 1 rings (SSSR count). The summed E-state index contributed by atoms with van der Waals surface area (Å²) in [5.41, 5.74) is 9.69. The molecule has 1 amide bonds. The van der Waals surface area contributed by atoms with Crippen LogP contribution >= 0.6 is 0 Å². The first-order valence-electron chi connectivity index (χ1n) is 6.39. The Morgan fingerprint density at radius 3 is 2.44 bits per heavy atom. The Bertz CT molecular complexity index is 444. The van der Waals surface area contributed by atoms with E-state index in [4.69, 9.17) is 0 Å². The van der Waals surface area contributed by atoms with Crippen LogP contribution in [0.5, 0.6) is 0 Å². The quantitative estimate of drug-likeness (QED) is 0.783. The lowest BCUT2D eigenvalue weighted by molar-refractivity contribution is 0.0940. The van der Waals surface area contributed by atoms with Gasteiger partial charge in [-0.1, -0.05) is 37.1 Å². The molecule has 2 N–H and O–H groups in total. The van der Waals surface area contributed by atoms with Gasteiger partial charge in [0.15, 0.2) is 0 Å². The van der Waals surface area contributed by atoms with Crippen molar-refractivity contribution in [2.45, 2.75) is 40.5 Å². The van der Waals surface area contributed by atoms with E-state index in [-0.39, 0.29) is 5.91 Å². The fourth-order valence-corrected chi connectivity index (χ4v) is 1.79. The van der Waals surface area contributed by atoms with Crippen LogP contribution in [0.25, 0.3) is 0 Å². The first kappa shape index (κ1) is 14.3. The van der Waals surface area contributed by atoms with E-state index < -0.39 is 0 Å². The number of rotatable bonds is 5. The lowest BCUT2D eigenvalue weighted by Gasteiger charge is -2.09. The van der Waals surface area contributed by atoms with E-state index in [2.05, 4.69) is 24.7 Å². The third kappa shape index (κ3) is 3.91. The van der Waals surface area contributed by atoms with Crippen molar-refractivity contribution in [2.24, 2.45) is 0 Å². The monoisotopic (exact) mass is 246 g/mol. The van der Waals surface area contributed by atoms with Crippen LogP contribution < -0.4 is 10.9 Å². The average Bonchev–Trinajstić information content (AvgIpc) is 2.34. The van der Waals surface area contributed by atoms with Crippen molar-refractivity contribution in [1.29, 1.82) is 0 Å². The van der Waals surface area contributed by atoms with Crippen LogP contribution in [0, 0.1) is 13.8 Å². The van der Waals surface area contributed by atoms with E-state index in [0.29, 0.717) is 5.56 Å². The van der Waals surface area contributed by atoms with Crippen molar-refractivity contribution >= 4 is 5.91 Å². The van der Waals surface area contributed by atoms with E-state index in [9.17, 15) is 4.79 Å². The topological polar surface area (TPSA) is 41.1 Å². The summed E-state index contributed by atoms with van der Waals surface area (Å²) in [7, 11) is 0. The maximum atomic E-state index is 11.9. The van der Waals surface area contributed by atoms with Crippen molar-refractivity contribution < 1.29 is 4.79 Å². The molecule has 0 aliphatic rings. The molecule has 0 aromatic heterocycles. The standard InChI is InChI=1S/C15H22N2O/c1-5-13(6-2)10-16-17-15(18)14-8-7-11(3)9-12(14)4/h7-10,16H,5-6H2,1-4H3,(H,17,18). The third-order valence-corrected chi connectivity index (χ3v) is 3.00. The van der Waals surface area contributed by atoms with Crippen molar-refractivity contribution in [3.05, 3.63) is 46.7 Å². The van der Waals surface area contributed by atoms with Crippen molar-refractivity contribution in [3.8, 4) is 0 Å². The van der Waals surface area contributed by atoms with Gasteiger partial charge < -0.3 is 5.43 Å². The highest BCUT2D eigenvalue weighted by atomic mass is 16.2. The van der Waals surface area contributed by atoms with Gasteiger partial charge in [0.25, 0.3) is 5.91 Å². The van der Waals surface area contributed by atoms with Gasteiger partial charge in [-0.2, -0.15) is 0 Å². The van der Waals surface area contributed by atoms with Crippen LogP contribution in [0.3, 0.4) is 0 Å². The number of aryl methyl sites for hydroxylation is 2. The molecule has 0 fully saturated rings. The van der Waals surface area contributed by atoms with Crippen LogP contribution in [0.4, 0.5) is 0 Å². The number of carbonyl (C=O) groups is 1. The maximum Gasteiger partial charge on any atom is 0.269 e. The fourth-order valence-electron chi connectivity index (χ4n) is 1.79. The second kappa shape index (κ2) is 6.84. The van der Waals surface area contributed by atoms with E-state index in [1.807, 2.05) is 38.2 Å². The fraction of sp³-hybridized carbons (Fsp3) is 0.400. The lowest BCUT2D eigenvalue weighted by Crippen LogP contribution is -2.34.